The predicted octanol–water partition coefficient (Wildman–Crippen LogP) is 1.26. The van der Waals surface area contributed by atoms with Crippen LogP contribution in [0.5, 0.6) is 0 Å². The molecule has 0 aliphatic carbocycles. The van der Waals surface area contributed by atoms with Crippen molar-refractivity contribution in [1.29, 1.82) is 0 Å². The van der Waals surface area contributed by atoms with Gasteiger partial charge in [0, 0.05) is 25.0 Å². The molecule has 0 spiro atoms. The minimum Gasteiger partial charge on any atom is -0.373 e. The molecule has 0 aromatic carbocycles. The first kappa shape index (κ1) is 8.66. The van der Waals surface area contributed by atoms with Crippen LogP contribution in [-0.4, -0.2) is 17.6 Å². The minimum atomic E-state index is 0.150. The fourth-order valence-electron chi connectivity index (χ4n) is 1.62. The van der Waals surface area contributed by atoms with Crippen molar-refractivity contribution in [1.82, 2.24) is 4.98 Å². The van der Waals surface area contributed by atoms with Crippen molar-refractivity contribution in [2.75, 3.05) is 6.61 Å². The van der Waals surface area contributed by atoms with Crippen LogP contribution in [0.3, 0.4) is 0 Å². The molecule has 13 heavy (non-hydrogen) atoms. The van der Waals surface area contributed by atoms with Crippen LogP contribution in [0.2, 0.25) is 0 Å². The minimum absolute atomic E-state index is 0.150. The summed E-state index contributed by atoms with van der Waals surface area (Å²) in [5.41, 5.74) is 7.00. The van der Waals surface area contributed by atoms with Gasteiger partial charge in [0.2, 0.25) is 0 Å². The average Bonchev–Trinajstić information content (AvgIpc) is 2.19. The van der Waals surface area contributed by atoms with Crippen LogP contribution in [0.4, 0.5) is 0 Å². The number of aromatic nitrogens is 1. The number of nitrogens with two attached hydrogens (primary N) is 1. The summed E-state index contributed by atoms with van der Waals surface area (Å²) in [6, 6.07) is 4.24. The van der Waals surface area contributed by atoms with Gasteiger partial charge in [-0.1, -0.05) is 6.07 Å². The maximum Gasteiger partial charge on any atom is 0.0854 e. The van der Waals surface area contributed by atoms with Crippen molar-refractivity contribution < 1.29 is 4.74 Å². The maximum absolute atomic E-state index is 5.86. The number of hydrogen-bond donors (Lipinski definition) is 1. The van der Waals surface area contributed by atoms with E-state index in [-0.39, 0.29) is 12.1 Å². The summed E-state index contributed by atoms with van der Waals surface area (Å²) in [6.07, 6.45) is 5.65. The Kier molecular flexibility index (Phi) is 2.57. The number of hydrogen-bond acceptors (Lipinski definition) is 3. The maximum atomic E-state index is 5.86. The molecule has 1 saturated heterocycles. The number of nitrogens with zero attached hydrogens (tertiary/aromatic N) is 1. The van der Waals surface area contributed by atoms with E-state index in [0.29, 0.717) is 0 Å². The van der Waals surface area contributed by atoms with Crippen LogP contribution in [0.15, 0.2) is 24.5 Å². The van der Waals surface area contributed by atoms with Gasteiger partial charge >= 0.3 is 0 Å². The number of ether oxygens (including phenoxy) is 1. The Morgan fingerprint density at radius 1 is 1.54 bits per heavy atom. The largest absolute Gasteiger partial charge is 0.373 e. The lowest BCUT2D eigenvalue weighted by Gasteiger charge is -2.27. The summed E-state index contributed by atoms with van der Waals surface area (Å²) < 4.78 is 5.61. The van der Waals surface area contributed by atoms with E-state index in [0.717, 1.165) is 25.0 Å². The second-order valence-electron chi connectivity index (χ2n) is 3.43. The normalized spacial score (nSPS) is 28.7. The van der Waals surface area contributed by atoms with Gasteiger partial charge in [-0.3, -0.25) is 4.98 Å². The zero-order valence-corrected chi connectivity index (χ0v) is 7.52. The van der Waals surface area contributed by atoms with E-state index < -0.39 is 0 Å². The van der Waals surface area contributed by atoms with Crippen LogP contribution in [0.1, 0.15) is 24.5 Å². The van der Waals surface area contributed by atoms with Gasteiger partial charge in [0.15, 0.2) is 0 Å². The predicted molar refractivity (Wildman–Crippen MR) is 50.1 cm³/mol. The molecule has 2 atom stereocenters. The van der Waals surface area contributed by atoms with Crippen molar-refractivity contribution in [2.24, 2.45) is 5.73 Å². The quantitative estimate of drug-likeness (QED) is 0.704. The summed E-state index contributed by atoms with van der Waals surface area (Å²) in [7, 11) is 0. The third-order valence-corrected chi connectivity index (χ3v) is 2.38. The van der Waals surface area contributed by atoms with E-state index in [4.69, 9.17) is 10.5 Å². The highest BCUT2D eigenvalue weighted by molar-refractivity contribution is 5.12. The topological polar surface area (TPSA) is 48.1 Å². The van der Waals surface area contributed by atoms with Gasteiger partial charge in [0.05, 0.1) is 6.10 Å². The molecular weight excluding hydrogens is 164 g/mol. The second-order valence-corrected chi connectivity index (χ2v) is 3.43. The molecule has 70 valence electrons. The lowest BCUT2D eigenvalue weighted by Crippen LogP contribution is -2.30. The molecule has 1 aliphatic rings. The Hall–Kier alpha value is -0.930. The summed E-state index contributed by atoms with van der Waals surface area (Å²) in [6.45, 7) is 0.765. The van der Waals surface area contributed by atoms with Crippen LogP contribution < -0.4 is 5.73 Å². The molecule has 3 heteroatoms. The number of pyridine rings is 1. The van der Waals surface area contributed by atoms with Crippen LogP contribution in [0.25, 0.3) is 0 Å². The van der Waals surface area contributed by atoms with Gasteiger partial charge in [-0.05, 0) is 24.5 Å². The Labute approximate surface area is 77.9 Å². The van der Waals surface area contributed by atoms with E-state index in [1.807, 2.05) is 18.3 Å². The molecule has 0 unspecified atom stereocenters. The molecule has 1 aromatic rings. The number of rotatable bonds is 1. The third-order valence-electron chi connectivity index (χ3n) is 2.38. The van der Waals surface area contributed by atoms with Gasteiger partial charge in [-0.25, -0.2) is 0 Å². The first-order valence-electron chi connectivity index (χ1n) is 4.63. The Morgan fingerprint density at radius 2 is 2.46 bits per heavy atom. The monoisotopic (exact) mass is 178 g/mol. The van der Waals surface area contributed by atoms with Gasteiger partial charge in [0.25, 0.3) is 0 Å². The Bertz CT molecular complexity index is 263. The summed E-state index contributed by atoms with van der Waals surface area (Å²) in [4.78, 5) is 4.06. The highest BCUT2D eigenvalue weighted by Gasteiger charge is 2.20. The van der Waals surface area contributed by atoms with Crippen LogP contribution in [0, 0.1) is 0 Å². The molecule has 1 aliphatic heterocycles. The van der Waals surface area contributed by atoms with E-state index in [2.05, 4.69) is 4.98 Å². The SMILES string of the molecule is N[C@@H]1CCO[C@H](c2cccnc2)C1. The molecule has 2 N–H and O–H groups in total. The molecule has 1 fully saturated rings. The lowest BCUT2D eigenvalue weighted by atomic mass is 9.99. The average molecular weight is 178 g/mol. The molecule has 0 amide bonds. The lowest BCUT2D eigenvalue weighted by molar-refractivity contribution is 0.00648. The molecule has 2 rings (SSSR count). The Morgan fingerprint density at radius 3 is 3.15 bits per heavy atom. The summed E-state index contributed by atoms with van der Waals surface area (Å²) in [5.74, 6) is 0. The molecule has 0 bridgehead atoms. The van der Waals surface area contributed by atoms with Crippen LogP contribution in [-0.2, 0) is 4.74 Å². The fraction of sp³-hybridized carbons (Fsp3) is 0.500. The van der Waals surface area contributed by atoms with Crippen molar-refractivity contribution in [2.45, 2.75) is 25.0 Å². The zero-order valence-electron chi connectivity index (χ0n) is 7.52. The molecule has 0 radical (unpaired) electrons. The summed E-state index contributed by atoms with van der Waals surface area (Å²) >= 11 is 0. The van der Waals surface area contributed by atoms with E-state index in [1.54, 1.807) is 6.20 Å². The zero-order chi connectivity index (χ0) is 9.10. The van der Waals surface area contributed by atoms with Gasteiger partial charge in [-0.2, -0.15) is 0 Å². The molecular formula is C10H14N2O. The highest BCUT2D eigenvalue weighted by Crippen LogP contribution is 2.26. The smallest absolute Gasteiger partial charge is 0.0854 e. The van der Waals surface area contributed by atoms with Crippen molar-refractivity contribution in [3.63, 3.8) is 0 Å². The summed E-state index contributed by atoms with van der Waals surface area (Å²) in [5, 5.41) is 0. The molecule has 1 aromatic heterocycles. The van der Waals surface area contributed by atoms with Crippen molar-refractivity contribution >= 4 is 0 Å². The van der Waals surface area contributed by atoms with E-state index in [9.17, 15) is 0 Å². The standard InChI is InChI=1S/C10H14N2O/c11-9-3-5-13-10(6-9)8-2-1-4-12-7-8/h1-2,4,7,9-10H,3,5-6,11H2/t9-,10+/m1/s1. The molecule has 0 saturated carbocycles. The first-order chi connectivity index (χ1) is 6.36. The molecule has 2 heterocycles. The fourth-order valence-corrected chi connectivity index (χ4v) is 1.62. The van der Waals surface area contributed by atoms with Gasteiger partial charge in [0.1, 0.15) is 0 Å². The van der Waals surface area contributed by atoms with Crippen molar-refractivity contribution in [3.05, 3.63) is 30.1 Å². The Balaban J connectivity index is 2.08. The molecule has 3 nitrogen and oxygen atoms in total. The first-order valence-corrected chi connectivity index (χ1v) is 4.63. The van der Waals surface area contributed by atoms with Crippen molar-refractivity contribution in [3.8, 4) is 0 Å². The van der Waals surface area contributed by atoms with E-state index >= 15 is 0 Å². The van der Waals surface area contributed by atoms with Gasteiger partial charge in [-0.15, -0.1) is 0 Å². The van der Waals surface area contributed by atoms with E-state index in [1.165, 1.54) is 0 Å². The highest BCUT2D eigenvalue weighted by atomic mass is 16.5. The third kappa shape index (κ3) is 2.05. The van der Waals surface area contributed by atoms with Crippen LogP contribution >= 0.6 is 0 Å². The second kappa shape index (κ2) is 3.85. The van der Waals surface area contributed by atoms with Gasteiger partial charge < -0.3 is 10.5 Å².